The van der Waals surface area contributed by atoms with Gasteiger partial charge in [0.05, 0.1) is 11.7 Å². The van der Waals surface area contributed by atoms with Crippen molar-refractivity contribution < 1.29 is 23.8 Å². The van der Waals surface area contributed by atoms with Crippen LogP contribution in [-0.2, 0) is 19.0 Å². The zero-order valence-electron chi connectivity index (χ0n) is 22.8. The molecule has 5 aliphatic rings. The molecule has 9 atom stereocenters. The topological polar surface area (TPSA) is 61.8 Å². The van der Waals surface area contributed by atoms with E-state index in [2.05, 4.69) is 36.4 Å². The van der Waals surface area contributed by atoms with Gasteiger partial charge < -0.3 is 14.2 Å². The molecule has 6 rings (SSSR count). The Hall–Kier alpha value is -0.990. The maximum atomic E-state index is 13.2. The molecule has 0 N–H and O–H groups in total. The summed E-state index contributed by atoms with van der Waals surface area (Å²) in [6.07, 6.45) is 8.32. The molecule has 0 aromatic heterocycles. The van der Waals surface area contributed by atoms with Crippen LogP contribution in [0.15, 0.2) is 24.3 Å². The Balaban J connectivity index is 1.19. The number of hydrogen-bond donors (Lipinski definition) is 0. The van der Waals surface area contributed by atoms with Gasteiger partial charge in [-0.2, -0.15) is 0 Å². The van der Waals surface area contributed by atoms with Gasteiger partial charge in [-0.3, -0.25) is 4.79 Å². The first-order valence-corrected chi connectivity index (χ1v) is 15.3. The lowest BCUT2D eigenvalue weighted by atomic mass is 9.44. The SMILES string of the molecule is CC(=O)C12OC(C)(C)OC1CC1C3CCC4CC(OC(=O)c5cccc(I)c5)CCC4(C)C3CCC12C. The van der Waals surface area contributed by atoms with Crippen LogP contribution in [0.4, 0.5) is 0 Å². The first-order chi connectivity index (χ1) is 17.4. The fourth-order valence-corrected chi connectivity index (χ4v) is 10.5. The van der Waals surface area contributed by atoms with Crippen LogP contribution in [-0.4, -0.2) is 35.3 Å². The molecule has 37 heavy (non-hydrogen) atoms. The zero-order valence-corrected chi connectivity index (χ0v) is 25.0. The van der Waals surface area contributed by atoms with Crippen LogP contribution in [0.5, 0.6) is 0 Å². The second kappa shape index (κ2) is 8.76. The average molecular weight is 621 g/mol. The first-order valence-electron chi connectivity index (χ1n) is 14.3. The van der Waals surface area contributed by atoms with Crippen molar-refractivity contribution >= 4 is 34.3 Å². The molecule has 1 saturated heterocycles. The number of halogens is 1. The Morgan fingerprint density at radius 3 is 2.51 bits per heavy atom. The van der Waals surface area contributed by atoms with E-state index >= 15 is 0 Å². The van der Waals surface area contributed by atoms with Crippen LogP contribution in [0.3, 0.4) is 0 Å². The van der Waals surface area contributed by atoms with Gasteiger partial charge in [0, 0.05) is 8.99 Å². The number of hydrogen-bond acceptors (Lipinski definition) is 5. The van der Waals surface area contributed by atoms with Crippen molar-refractivity contribution in [1.82, 2.24) is 0 Å². The molecule has 202 valence electrons. The minimum atomic E-state index is -0.814. The molecule has 1 aliphatic heterocycles. The Morgan fingerprint density at radius 2 is 1.78 bits per heavy atom. The highest BCUT2D eigenvalue weighted by molar-refractivity contribution is 14.1. The number of benzene rings is 1. The minimum absolute atomic E-state index is 0.00435. The molecule has 1 aromatic carbocycles. The molecule has 6 heteroatoms. The van der Waals surface area contributed by atoms with Crippen molar-refractivity contribution in [2.45, 2.75) is 110 Å². The highest BCUT2D eigenvalue weighted by Crippen LogP contribution is 2.71. The maximum Gasteiger partial charge on any atom is 0.338 e. The van der Waals surface area contributed by atoms with Crippen molar-refractivity contribution in [1.29, 1.82) is 0 Å². The summed E-state index contributed by atoms with van der Waals surface area (Å²) < 4.78 is 20.1. The van der Waals surface area contributed by atoms with Crippen LogP contribution >= 0.6 is 22.6 Å². The van der Waals surface area contributed by atoms with E-state index in [9.17, 15) is 9.59 Å². The molecule has 0 radical (unpaired) electrons. The average Bonchev–Trinajstić information content (AvgIpc) is 3.25. The van der Waals surface area contributed by atoms with Gasteiger partial charge in [-0.25, -0.2) is 4.79 Å². The molecule has 9 unspecified atom stereocenters. The monoisotopic (exact) mass is 620 g/mol. The summed E-state index contributed by atoms with van der Waals surface area (Å²) in [5.41, 5.74) is -0.0847. The van der Waals surface area contributed by atoms with E-state index in [0.29, 0.717) is 29.2 Å². The number of fused-ring (bicyclic) bond motifs is 7. The fraction of sp³-hybridized carbons (Fsp3) is 0.742. The lowest BCUT2D eigenvalue weighted by molar-refractivity contribution is -0.219. The van der Waals surface area contributed by atoms with Gasteiger partial charge >= 0.3 is 5.97 Å². The second-order valence-electron chi connectivity index (χ2n) is 13.6. The summed E-state index contributed by atoms with van der Waals surface area (Å²) in [6.45, 7) is 10.5. The number of carbonyl (C=O) groups is 2. The van der Waals surface area contributed by atoms with Gasteiger partial charge in [0.15, 0.2) is 17.2 Å². The largest absolute Gasteiger partial charge is 0.459 e. The molecule has 5 nitrogen and oxygen atoms in total. The first kappa shape index (κ1) is 26.2. The molecule has 0 spiro atoms. The number of carbonyl (C=O) groups excluding carboxylic acids is 2. The summed E-state index contributed by atoms with van der Waals surface area (Å²) in [5.74, 6) is 1.51. The van der Waals surface area contributed by atoms with E-state index in [1.54, 1.807) is 6.92 Å². The Morgan fingerprint density at radius 1 is 1.00 bits per heavy atom. The summed E-state index contributed by atoms with van der Waals surface area (Å²) in [7, 11) is 0. The summed E-state index contributed by atoms with van der Waals surface area (Å²) in [6, 6.07) is 7.66. The van der Waals surface area contributed by atoms with Gasteiger partial charge in [-0.05, 0) is 142 Å². The van der Waals surface area contributed by atoms with Gasteiger partial charge in [0.1, 0.15) is 6.10 Å². The van der Waals surface area contributed by atoms with Crippen molar-refractivity contribution in [3.8, 4) is 0 Å². The van der Waals surface area contributed by atoms with E-state index in [4.69, 9.17) is 14.2 Å². The van der Waals surface area contributed by atoms with Crippen LogP contribution in [0.25, 0.3) is 0 Å². The smallest absolute Gasteiger partial charge is 0.338 e. The van der Waals surface area contributed by atoms with E-state index in [0.717, 1.165) is 42.1 Å². The van der Waals surface area contributed by atoms with E-state index in [1.807, 2.05) is 38.1 Å². The van der Waals surface area contributed by atoms with Gasteiger partial charge in [-0.1, -0.05) is 19.9 Å². The Bertz CT molecular complexity index is 1120. The van der Waals surface area contributed by atoms with Gasteiger partial charge in [-0.15, -0.1) is 0 Å². The summed E-state index contributed by atoms with van der Waals surface area (Å²) in [5, 5.41) is 0. The number of ether oxygens (including phenoxy) is 3. The third-order valence-corrected chi connectivity index (χ3v) is 12.1. The molecule has 4 saturated carbocycles. The number of ketones is 1. The lowest BCUT2D eigenvalue weighted by Crippen LogP contribution is -2.60. The van der Waals surface area contributed by atoms with Crippen LogP contribution in [0.1, 0.15) is 96.3 Å². The van der Waals surface area contributed by atoms with Crippen LogP contribution in [0, 0.1) is 38.1 Å². The number of Topliss-reactive ketones (excluding diaryl/α,β-unsaturated/α-hetero) is 1. The standard InChI is InChI=1S/C31H41IO5/c1-18(33)31-26(36-28(2,3)37-31)17-25-23-10-9-20-16-22(35-27(34)19-7-6-8-21(32)15-19)11-13-29(20,4)24(23)12-14-30(25,31)5/h6-8,15,20,22-26H,9-14,16-17H2,1-5H3. The molecule has 1 heterocycles. The number of rotatable bonds is 3. The van der Waals surface area contributed by atoms with Crippen molar-refractivity contribution in [2.24, 2.45) is 34.5 Å². The van der Waals surface area contributed by atoms with Crippen LogP contribution in [0.2, 0.25) is 0 Å². The molecule has 1 aromatic rings. The predicted molar refractivity (Wildman–Crippen MR) is 149 cm³/mol. The van der Waals surface area contributed by atoms with E-state index in [-0.39, 0.29) is 34.8 Å². The lowest BCUT2D eigenvalue weighted by Gasteiger charge is -2.61. The molecule has 4 aliphatic carbocycles. The Labute approximate surface area is 234 Å². The van der Waals surface area contributed by atoms with Gasteiger partial charge in [0.2, 0.25) is 0 Å². The maximum absolute atomic E-state index is 13.2. The van der Waals surface area contributed by atoms with Crippen molar-refractivity contribution in [3.63, 3.8) is 0 Å². The van der Waals surface area contributed by atoms with Crippen molar-refractivity contribution in [2.75, 3.05) is 0 Å². The second-order valence-corrected chi connectivity index (χ2v) is 14.8. The quantitative estimate of drug-likeness (QED) is 0.271. The summed E-state index contributed by atoms with van der Waals surface area (Å²) >= 11 is 2.24. The molecular formula is C31H41IO5. The third kappa shape index (κ3) is 3.81. The third-order valence-electron chi connectivity index (χ3n) is 11.5. The molecule has 0 amide bonds. The molecular weight excluding hydrogens is 579 g/mol. The summed E-state index contributed by atoms with van der Waals surface area (Å²) in [4.78, 5) is 26.1. The van der Waals surface area contributed by atoms with Gasteiger partial charge in [0.25, 0.3) is 0 Å². The van der Waals surface area contributed by atoms with Crippen molar-refractivity contribution in [3.05, 3.63) is 33.4 Å². The fourth-order valence-electron chi connectivity index (χ4n) is 9.91. The highest BCUT2D eigenvalue weighted by atomic mass is 127. The highest BCUT2D eigenvalue weighted by Gasteiger charge is 2.75. The number of esters is 1. The normalized spacial score (nSPS) is 45.8. The molecule has 5 fully saturated rings. The predicted octanol–water partition coefficient (Wildman–Crippen LogP) is 6.95. The van der Waals surface area contributed by atoms with Crippen LogP contribution < -0.4 is 0 Å². The van der Waals surface area contributed by atoms with E-state index < -0.39 is 11.4 Å². The van der Waals surface area contributed by atoms with E-state index in [1.165, 1.54) is 12.8 Å². The minimum Gasteiger partial charge on any atom is -0.459 e. The molecule has 0 bridgehead atoms. The zero-order chi connectivity index (χ0) is 26.4. The Kier molecular flexibility index (Phi) is 6.21.